The Morgan fingerprint density at radius 1 is 1.22 bits per heavy atom. The van der Waals surface area contributed by atoms with Gasteiger partial charge in [0.05, 0.1) is 7.11 Å². The van der Waals surface area contributed by atoms with Crippen LogP contribution in [0.4, 0.5) is 5.13 Å². The third-order valence-electron chi connectivity index (χ3n) is 4.62. The van der Waals surface area contributed by atoms with Crippen LogP contribution in [0.1, 0.15) is 49.4 Å². The number of thiazole rings is 1. The van der Waals surface area contributed by atoms with Gasteiger partial charge < -0.3 is 9.47 Å². The molecule has 7 nitrogen and oxygen atoms in total. The summed E-state index contributed by atoms with van der Waals surface area (Å²) in [5.41, 5.74) is 0.193. The molecule has 1 unspecified atom stereocenters. The second-order valence-electron chi connectivity index (χ2n) is 6.42. The summed E-state index contributed by atoms with van der Waals surface area (Å²) < 4.78 is 10.5. The maximum absolute atomic E-state index is 13.1. The van der Waals surface area contributed by atoms with E-state index in [1.165, 1.54) is 31.1 Å². The molecule has 2 aromatic heterocycles. The highest BCUT2D eigenvalue weighted by molar-refractivity contribution is 7.13. The maximum atomic E-state index is 13.1. The van der Waals surface area contributed by atoms with E-state index in [2.05, 4.69) is 9.97 Å². The van der Waals surface area contributed by atoms with Gasteiger partial charge in [0.2, 0.25) is 5.88 Å². The summed E-state index contributed by atoms with van der Waals surface area (Å²) in [6.45, 7) is 1.59. The topological polar surface area (TPSA) is 81.6 Å². The largest absolute Gasteiger partial charge is 0.480 e. The standard InChI is InChI=1S/C19H23N3O4S/c1-13(26-18(24)15-9-6-10-20-16(15)25-2)17(23)22(19-21-11-12-27-19)14-7-4-3-5-8-14/h6,9-14H,3-5,7-8H2,1-2H3. The van der Waals surface area contributed by atoms with Crippen molar-refractivity contribution >= 4 is 28.3 Å². The number of hydrogen-bond acceptors (Lipinski definition) is 7. The Bertz CT molecular complexity index is 775. The number of hydrogen-bond donors (Lipinski definition) is 0. The van der Waals surface area contributed by atoms with Crippen molar-refractivity contribution in [2.45, 2.75) is 51.2 Å². The first-order valence-electron chi connectivity index (χ1n) is 9.04. The van der Waals surface area contributed by atoms with Crippen LogP contribution in [0, 0.1) is 0 Å². The van der Waals surface area contributed by atoms with E-state index in [1.54, 1.807) is 30.2 Å². The van der Waals surface area contributed by atoms with Crippen LogP contribution >= 0.6 is 11.3 Å². The van der Waals surface area contributed by atoms with Gasteiger partial charge in [-0.15, -0.1) is 11.3 Å². The predicted octanol–water partition coefficient (Wildman–Crippen LogP) is 3.46. The molecule has 1 fully saturated rings. The quantitative estimate of drug-likeness (QED) is 0.704. The SMILES string of the molecule is COc1ncccc1C(=O)OC(C)C(=O)N(c1nccs1)C1CCCCC1. The number of methoxy groups -OCH3 is 1. The smallest absolute Gasteiger partial charge is 0.344 e. The van der Waals surface area contributed by atoms with Crippen molar-refractivity contribution in [3.8, 4) is 5.88 Å². The van der Waals surface area contributed by atoms with Crippen molar-refractivity contribution in [3.05, 3.63) is 35.5 Å². The third-order valence-corrected chi connectivity index (χ3v) is 5.39. The minimum absolute atomic E-state index is 0.0893. The molecule has 144 valence electrons. The van der Waals surface area contributed by atoms with Gasteiger partial charge in [-0.3, -0.25) is 9.69 Å². The van der Waals surface area contributed by atoms with Gasteiger partial charge in [-0.05, 0) is 31.9 Å². The number of carbonyl (C=O) groups is 2. The molecule has 0 N–H and O–H groups in total. The lowest BCUT2D eigenvalue weighted by Crippen LogP contribution is -2.47. The highest BCUT2D eigenvalue weighted by Crippen LogP contribution is 2.30. The number of amides is 1. The normalized spacial score (nSPS) is 15.8. The molecule has 0 bridgehead atoms. The number of aromatic nitrogens is 2. The zero-order chi connectivity index (χ0) is 19.2. The molecule has 3 rings (SSSR count). The zero-order valence-electron chi connectivity index (χ0n) is 15.5. The van der Waals surface area contributed by atoms with Crippen LogP contribution in [0.25, 0.3) is 0 Å². The van der Waals surface area contributed by atoms with Crippen LogP contribution in [-0.4, -0.2) is 41.1 Å². The summed E-state index contributed by atoms with van der Waals surface area (Å²) in [5.74, 6) is -0.720. The molecule has 2 heterocycles. The summed E-state index contributed by atoms with van der Waals surface area (Å²) >= 11 is 1.42. The van der Waals surface area contributed by atoms with E-state index in [4.69, 9.17) is 9.47 Å². The maximum Gasteiger partial charge on any atom is 0.344 e. The number of carbonyl (C=O) groups excluding carboxylic acids is 2. The van der Waals surface area contributed by atoms with Gasteiger partial charge in [0.25, 0.3) is 5.91 Å². The number of nitrogens with zero attached hydrogens (tertiary/aromatic N) is 3. The average Bonchev–Trinajstić information content (AvgIpc) is 3.23. The molecule has 8 heteroatoms. The van der Waals surface area contributed by atoms with Crippen LogP contribution < -0.4 is 9.64 Å². The average molecular weight is 389 g/mol. The second kappa shape index (κ2) is 8.94. The molecule has 1 atom stereocenters. The summed E-state index contributed by atoms with van der Waals surface area (Å²) in [6.07, 6.45) is 7.49. The molecule has 1 aliphatic carbocycles. The summed E-state index contributed by atoms with van der Waals surface area (Å²) in [4.78, 5) is 35.6. The second-order valence-corrected chi connectivity index (χ2v) is 7.30. The Labute approximate surface area is 162 Å². The van der Waals surface area contributed by atoms with Crippen molar-refractivity contribution in [3.63, 3.8) is 0 Å². The Kier molecular flexibility index (Phi) is 6.39. The molecule has 1 aliphatic rings. The number of anilines is 1. The molecule has 0 spiro atoms. The molecule has 0 aliphatic heterocycles. The predicted molar refractivity (Wildman–Crippen MR) is 102 cm³/mol. The van der Waals surface area contributed by atoms with E-state index in [9.17, 15) is 9.59 Å². The fraction of sp³-hybridized carbons (Fsp3) is 0.474. The lowest BCUT2D eigenvalue weighted by molar-refractivity contribution is -0.127. The van der Waals surface area contributed by atoms with Crippen molar-refractivity contribution in [1.29, 1.82) is 0 Å². The molecule has 0 radical (unpaired) electrons. The van der Waals surface area contributed by atoms with E-state index in [1.807, 2.05) is 5.38 Å². The fourth-order valence-corrected chi connectivity index (χ4v) is 4.00. The van der Waals surface area contributed by atoms with Crippen LogP contribution in [0.2, 0.25) is 0 Å². The van der Waals surface area contributed by atoms with Gasteiger partial charge in [0, 0.05) is 23.8 Å². The van der Waals surface area contributed by atoms with Crippen LogP contribution in [-0.2, 0) is 9.53 Å². The Morgan fingerprint density at radius 2 is 2.00 bits per heavy atom. The minimum Gasteiger partial charge on any atom is -0.480 e. The van der Waals surface area contributed by atoms with Crippen LogP contribution in [0.15, 0.2) is 29.9 Å². The zero-order valence-corrected chi connectivity index (χ0v) is 16.3. The van der Waals surface area contributed by atoms with Crippen molar-refractivity contribution < 1.29 is 19.1 Å². The van der Waals surface area contributed by atoms with Crippen molar-refractivity contribution in [2.75, 3.05) is 12.0 Å². The van der Waals surface area contributed by atoms with E-state index < -0.39 is 12.1 Å². The summed E-state index contributed by atoms with van der Waals surface area (Å²) in [5, 5.41) is 2.49. The lowest BCUT2D eigenvalue weighted by atomic mass is 9.94. The van der Waals surface area contributed by atoms with E-state index in [-0.39, 0.29) is 23.4 Å². The highest BCUT2D eigenvalue weighted by Gasteiger charge is 2.33. The number of rotatable bonds is 6. The highest BCUT2D eigenvalue weighted by atomic mass is 32.1. The molecule has 1 saturated carbocycles. The lowest BCUT2D eigenvalue weighted by Gasteiger charge is -2.33. The molecular formula is C19H23N3O4S. The molecular weight excluding hydrogens is 366 g/mol. The van der Waals surface area contributed by atoms with Gasteiger partial charge in [-0.25, -0.2) is 14.8 Å². The molecule has 2 aromatic rings. The number of ether oxygens (including phenoxy) is 2. The van der Waals surface area contributed by atoms with Gasteiger partial charge in [0.1, 0.15) is 5.56 Å². The first kappa shape index (κ1) is 19.3. The Balaban J connectivity index is 1.76. The van der Waals surface area contributed by atoms with Crippen molar-refractivity contribution in [2.24, 2.45) is 0 Å². The van der Waals surface area contributed by atoms with Gasteiger partial charge >= 0.3 is 5.97 Å². The molecule has 0 aromatic carbocycles. The first-order chi connectivity index (χ1) is 13.1. The monoisotopic (exact) mass is 389 g/mol. The van der Waals surface area contributed by atoms with E-state index in [0.717, 1.165) is 25.7 Å². The fourth-order valence-electron chi connectivity index (χ4n) is 3.28. The Hall–Kier alpha value is -2.48. The van der Waals surface area contributed by atoms with Gasteiger partial charge in [-0.1, -0.05) is 19.3 Å². The van der Waals surface area contributed by atoms with Gasteiger partial charge in [0.15, 0.2) is 11.2 Å². The Morgan fingerprint density at radius 3 is 2.67 bits per heavy atom. The minimum atomic E-state index is -0.937. The number of esters is 1. The number of pyridine rings is 1. The summed E-state index contributed by atoms with van der Waals surface area (Å²) in [7, 11) is 1.43. The third kappa shape index (κ3) is 4.44. The van der Waals surface area contributed by atoms with E-state index in [0.29, 0.717) is 5.13 Å². The summed E-state index contributed by atoms with van der Waals surface area (Å²) in [6, 6.07) is 3.27. The molecule has 27 heavy (non-hydrogen) atoms. The first-order valence-corrected chi connectivity index (χ1v) is 9.92. The van der Waals surface area contributed by atoms with E-state index >= 15 is 0 Å². The van der Waals surface area contributed by atoms with Gasteiger partial charge in [-0.2, -0.15) is 0 Å². The molecule has 0 saturated heterocycles. The molecule has 1 amide bonds. The van der Waals surface area contributed by atoms with Crippen molar-refractivity contribution in [1.82, 2.24) is 9.97 Å². The van der Waals surface area contributed by atoms with Crippen LogP contribution in [0.5, 0.6) is 5.88 Å². The van der Waals surface area contributed by atoms with Crippen LogP contribution in [0.3, 0.4) is 0 Å².